The maximum absolute atomic E-state index is 6.46. The van der Waals surface area contributed by atoms with Crippen LogP contribution in [0, 0.1) is 6.92 Å². The molecular weight excluding hydrogens is 417 g/mol. The Labute approximate surface area is 180 Å². The molecule has 3 rings (SSSR count). The Bertz CT molecular complexity index is 959. The molecule has 0 bridgehead atoms. The first-order chi connectivity index (χ1) is 13.5. The predicted octanol–water partition coefficient (Wildman–Crippen LogP) is 7.15. The molecule has 0 heterocycles. The fourth-order valence-corrected chi connectivity index (χ4v) is 3.45. The summed E-state index contributed by atoms with van der Waals surface area (Å²) in [7, 11) is 1.59. The second-order valence-electron chi connectivity index (χ2n) is 6.36. The SMILES string of the molecule is COc1cc(CNc2ccc(Cl)cc2Cl)cc(Cl)c1OCc1ccc(C)cc1. The minimum absolute atomic E-state index is 0.411. The topological polar surface area (TPSA) is 30.5 Å². The monoisotopic (exact) mass is 435 g/mol. The van der Waals surface area contributed by atoms with E-state index >= 15 is 0 Å². The molecule has 28 heavy (non-hydrogen) atoms. The molecule has 0 aliphatic heterocycles. The van der Waals surface area contributed by atoms with Crippen molar-refractivity contribution in [1.29, 1.82) is 0 Å². The van der Waals surface area contributed by atoms with Gasteiger partial charge in [-0.15, -0.1) is 0 Å². The lowest BCUT2D eigenvalue weighted by molar-refractivity contribution is 0.284. The molecule has 3 aromatic rings. The number of aryl methyl sites for hydroxylation is 1. The third-order valence-electron chi connectivity index (χ3n) is 4.21. The smallest absolute Gasteiger partial charge is 0.180 e. The van der Waals surface area contributed by atoms with Crippen LogP contribution in [0.2, 0.25) is 15.1 Å². The number of ether oxygens (including phenoxy) is 2. The highest BCUT2D eigenvalue weighted by molar-refractivity contribution is 6.36. The van der Waals surface area contributed by atoms with Crippen molar-refractivity contribution < 1.29 is 9.47 Å². The predicted molar refractivity (Wildman–Crippen MR) is 117 cm³/mol. The molecule has 3 nitrogen and oxygen atoms in total. The minimum Gasteiger partial charge on any atom is -0.493 e. The van der Waals surface area contributed by atoms with E-state index in [4.69, 9.17) is 44.3 Å². The van der Waals surface area contributed by atoms with Crippen LogP contribution in [0.5, 0.6) is 11.5 Å². The van der Waals surface area contributed by atoms with Crippen LogP contribution in [0.25, 0.3) is 0 Å². The van der Waals surface area contributed by atoms with Crippen LogP contribution in [-0.4, -0.2) is 7.11 Å². The van der Waals surface area contributed by atoms with Gasteiger partial charge in [-0.1, -0.05) is 64.6 Å². The molecular formula is C22H20Cl3NO2. The highest BCUT2D eigenvalue weighted by atomic mass is 35.5. The molecule has 0 saturated heterocycles. The molecule has 0 fully saturated rings. The molecule has 0 unspecified atom stereocenters. The molecule has 1 N–H and O–H groups in total. The van der Waals surface area contributed by atoms with Gasteiger partial charge in [0.1, 0.15) is 6.61 Å². The van der Waals surface area contributed by atoms with Gasteiger partial charge in [0.2, 0.25) is 0 Å². The van der Waals surface area contributed by atoms with Crippen LogP contribution in [0.3, 0.4) is 0 Å². The number of benzene rings is 3. The summed E-state index contributed by atoms with van der Waals surface area (Å²) in [5.74, 6) is 1.11. The standard InChI is InChI=1S/C22H20Cl3NO2/c1-14-3-5-15(6-4-14)13-28-22-19(25)9-16(10-21(22)27-2)12-26-20-8-7-17(23)11-18(20)24/h3-11,26H,12-13H2,1-2H3. The van der Waals surface area contributed by atoms with Crippen LogP contribution in [-0.2, 0) is 13.2 Å². The maximum Gasteiger partial charge on any atom is 0.180 e. The Morgan fingerprint density at radius 3 is 2.29 bits per heavy atom. The lowest BCUT2D eigenvalue weighted by Crippen LogP contribution is -2.03. The summed E-state index contributed by atoms with van der Waals surface area (Å²) in [6.07, 6.45) is 0. The van der Waals surface area contributed by atoms with Gasteiger partial charge in [-0.2, -0.15) is 0 Å². The van der Waals surface area contributed by atoms with Gasteiger partial charge in [-0.05, 0) is 48.4 Å². The maximum atomic E-state index is 6.46. The second-order valence-corrected chi connectivity index (χ2v) is 7.61. The first kappa shape index (κ1) is 20.7. The second kappa shape index (κ2) is 9.42. The molecule has 0 aromatic heterocycles. The van der Waals surface area contributed by atoms with Gasteiger partial charge in [0.15, 0.2) is 11.5 Å². The fourth-order valence-electron chi connectivity index (χ4n) is 2.69. The van der Waals surface area contributed by atoms with Crippen LogP contribution in [0.15, 0.2) is 54.6 Å². The van der Waals surface area contributed by atoms with Crippen molar-refractivity contribution >= 4 is 40.5 Å². The summed E-state index contributed by atoms with van der Waals surface area (Å²) in [4.78, 5) is 0. The average molecular weight is 437 g/mol. The highest BCUT2D eigenvalue weighted by Gasteiger charge is 2.13. The molecule has 146 valence electrons. The van der Waals surface area contributed by atoms with E-state index in [1.807, 2.05) is 42.5 Å². The van der Waals surface area contributed by atoms with E-state index in [0.29, 0.717) is 39.7 Å². The Hall–Kier alpha value is -2.07. The van der Waals surface area contributed by atoms with Crippen molar-refractivity contribution in [1.82, 2.24) is 0 Å². The molecule has 0 atom stereocenters. The minimum atomic E-state index is 0.411. The summed E-state index contributed by atoms with van der Waals surface area (Å²) < 4.78 is 11.4. The van der Waals surface area contributed by atoms with E-state index in [-0.39, 0.29) is 0 Å². The van der Waals surface area contributed by atoms with E-state index in [2.05, 4.69) is 12.2 Å². The van der Waals surface area contributed by atoms with Crippen molar-refractivity contribution in [3.05, 3.63) is 86.4 Å². The summed E-state index contributed by atoms with van der Waals surface area (Å²) in [5.41, 5.74) is 4.00. The van der Waals surface area contributed by atoms with Crippen molar-refractivity contribution in [2.75, 3.05) is 12.4 Å². The van der Waals surface area contributed by atoms with Gasteiger partial charge >= 0.3 is 0 Å². The summed E-state index contributed by atoms with van der Waals surface area (Å²) >= 11 is 18.6. The van der Waals surface area contributed by atoms with Gasteiger partial charge < -0.3 is 14.8 Å². The van der Waals surface area contributed by atoms with Gasteiger partial charge in [0.25, 0.3) is 0 Å². The molecule has 0 spiro atoms. The number of hydrogen-bond acceptors (Lipinski definition) is 3. The van der Waals surface area contributed by atoms with E-state index in [1.165, 1.54) is 5.56 Å². The van der Waals surface area contributed by atoms with Crippen LogP contribution in [0.4, 0.5) is 5.69 Å². The Balaban J connectivity index is 1.72. The summed E-state index contributed by atoms with van der Waals surface area (Å²) in [6.45, 7) is 2.98. The van der Waals surface area contributed by atoms with Crippen LogP contribution < -0.4 is 14.8 Å². The number of anilines is 1. The van der Waals surface area contributed by atoms with Crippen LogP contribution in [0.1, 0.15) is 16.7 Å². The third-order valence-corrected chi connectivity index (χ3v) is 5.04. The Morgan fingerprint density at radius 1 is 0.857 bits per heavy atom. The van der Waals surface area contributed by atoms with E-state index in [1.54, 1.807) is 19.2 Å². The van der Waals surface area contributed by atoms with Gasteiger partial charge in [-0.25, -0.2) is 0 Å². The highest BCUT2D eigenvalue weighted by Crippen LogP contribution is 2.37. The zero-order chi connectivity index (χ0) is 20.1. The fraction of sp³-hybridized carbons (Fsp3) is 0.182. The largest absolute Gasteiger partial charge is 0.493 e. The Morgan fingerprint density at radius 2 is 1.61 bits per heavy atom. The zero-order valence-corrected chi connectivity index (χ0v) is 17.8. The van der Waals surface area contributed by atoms with Crippen molar-refractivity contribution in [2.45, 2.75) is 20.1 Å². The van der Waals surface area contributed by atoms with Gasteiger partial charge in [0.05, 0.1) is 22.8 Å². The first-order valence-electron chi connectivity index (χ1n) is 8.70. The molecule has 0 amide bonds. The lowest BCUT2D eigenvalue weighted by Gasteiger charge is -2.15. The number of nitrogens with one attached hydrogen (secondary N) is 1. The molecule has 0 radical (unpaired) electrons. The van der Waals surface area contributed by atoms with Crippen molar-refractivity contribution in [3.63, 3.8) is 0 Å². The van der Waals surface area contributed by atoms with E-state index in [0.717, 1.165) is 16.8 Å². The number of rotatable bonds is 7. The third kappa shape index (κ3) is 5.26. The van der Waals surface area contributed by atoms with Gasteiger partial charge in [0, 0.05) is 11.6 Å². The molecule has 3 aromatic carbocycles. The Kier molecular flexibility index (Phi) is 6.95. The van der Waals surface area contributed by atoms with E-state index < -0.39 is 0 Å². The van der Waals surface area contributed by atoms with Gasteiger partial charge in [-0.3, -0.25) is 0 Å². The molecule has 0 aliphatic carbocycles. The van der Waals surface area contributed by atoms with Crippen molar-refractivity contribution in [2.24, 2.45) is 0 Å². The molecule has 0 saturated carbocycles. The molecule has 0 aliphatic rings. The van der Waals surface area contributed by atoms with Crippen LogP contribution >= 0.6 is 34.8 Å². The summed E-state index contributed by atoms with van der Waals surface area (Å²) in [6, 6.07) is 17.2. The average Bonchev–Trinajstić information content (AvgIpc) is 2.67. The number of methoxy groups -OCH3 is 1. The van der Waals surface area contributed by atoms with Crippen molar-refractivity contribution in [3.8, 4) is 11.5 Å². The number of hydrogen-bond donors (Lipinski definition) is 1. The summed E-state index contributed by atoms with van der Waals surface area (Å²) in [5, 5.41) is 4.91. The van der Waals surface area contributed by atoms with E-state index in [9.17, 15) is 0 Å². The molecule has 6 heteroatoms. The first-order valence-corrected chi connectivity index (χ1v) is 9.83. The normalized spacial score (nSPS) is 10.6. The quantitative estimate of drug-likeness (QED) is 0.426. The zero-order valence-electron chi connectivity index (χ0n) is 15.6. The lowest BCUT2D eigenvalue weighted by atomic mass is 10.1. The number of halogens is 3.